The van der Waals surface area contributed by atoms with Crippen molar-refractivity contribution in [2.75, 3.05) is 0 Å². The van der Waals surface area contributed by atoms with Gasteiger partial charge in [-0.3, -0.25) is 0 Å². The average molecular weight is 669 g/mol. The summed E-state index contributed by atoms with van der Waals surface area (Å²) in [6, 6.07) is 56.9. The average Bonchev–Trinajstić information content (AvgIpc) is 3.87. The molecule has 0 aliphatic rings. The Hall–Kier alpha value is -6.56. The van der Waals surface area contributed by atoms with E-state index < -0.39 is 0 Å². The molecule has 0 aliphatic carbocycles. The first-order valence-electron chi connectivity index (χ1n) is 17.2. The summed E-state index contributed by atoms with van der Waals surface area (Å²) < 4.78 is 7.27. The third-order valence-corrected chi connectivity index (χ3v) is 11.3. The van der Waals surface area contributed by atoms with Gasteiger partial charge in [0.25, 0.3) is 0 Å². The minimum atomic E-state index is 0.993. The van der Waals surface area contributed by atoms with Crippen LogP contribution in [0.4, 0.5) is 0 Å². The summed E-state index contributed by atoms with van der Waals surface area (Å²) >= 11 is 1.79. The number of rotatable bonds is 4. The Bertz CT molecular complexity index is 3060. The van der Waals surface area contributed by atoms with E-state index in [1.54, 1.807) is 17.7 Å². The molecule has 0 saturated carbocycles. The number of para-hydroxylation sites is 3. The fourth-order valence-electron chi connectivity index (χ4n) is 8.12. The minimum absolute atomic E-state index is 0.993. The van der Waals surface area contributed by atoms with Gasteiger partial charge in [0.1, 0.15) is 6.33 Å². The van der Waals surface area contributed by atoms with Crippen LogP contribution in [0.2, 0.25) is 0 Å². The molecule has 0 spiro atoms. The molecule has 5 heteroatoms. The van der Waals surface area contributed by atoms with Crippen molar-refractivity contribution in [3.8, 4) is 33.6 Å². The van der Waals surface area contributed by atoms with Gasteiger partial charge in [0, 0.05) is 44.5 Å². The quantitative estimate of drug-likeness (QED) is 0.187. The second-order valence-electron chi connectivity index (χ2n) is 13.0. The second kappa shape index (κ2) is 11.0. The van der Waals surface area contributed by atoms with E-state index in [9.17, 15) is 0 Å². The molecular weight excluding hydrogens is 641 g/mol. The van der Waals surface area contributed by atoms with E-state index in [4.69, 9.17) is 4.98 Å². The van der Waals surface area contributed by atoms with Crippen LogP contribution in [0.3, 0.4) is 0 Å². The minimum Gasteiger partial charge on any atom is -0.308 e. The molecule has 11 rings (SSSR count). The molecule has 51 heavy (non-hydrogen) atoms. The summed E-state index contributed by atoms with van der Waals surface area (Å²) in [7, 11) is 0. The first-order chi connectivity index (χ1) is 25.3. The number of benzene rings is 7. The molecule has 0 amide bonds. The van der Waals surface area contributed by atoms with Gasteiger partial charge in [-0.15, -0.1) is 11.3 Å². The number of hydrogen-bond acceptors (Lipinski definition) is 3. The second-order valence-corrected chi connectivity index (χ2v) is 14.1. The first-order valence-corrected chi connectivity index (χ1v) is 18.0. The maximum absolute atomic E-state index is 4.96. The third-order valence-electron chi connectivity index (χ3n) is 10.2. The first kappa shape index (κ1) is 28.3. The van der Waals surface area contributed by atoms with Crippen LogP contribution in [0.25, 0.3) is 97.5 Å². The fourth-order valence-corrected chi connectivity index (χ4v) is 9.29. The van der Waals surface area contributed by atoms with Gasteiger partial charge >= 0.3 is 0 Å². The van der Waals surface area contributed by atoms with Crippen molar-refractivity contribution in [2.24, 2.45) is 0 Å². The van der Waals surface area contributed by atoms with E-state index >= 15 is 0 Å². The molecule has 0 N–H and O–H groups in total. The molecule has 0 saturated heterocycles. The molecule has 7 aromatic carbocycles. The lowest BCUT2D eigenvalue weighted by molar-refractivity contribution is 1.18. The van der Waals surface area contributed by atoms with E-state index in [0.29, 0.717) is 0 Å². The van der Waals surface area contributed by atoms with Crippen LogP contribution in [-0.2, 0) is 0 Å². The highest BCUT2D eigenvalue weighted by Gasteiger charge is 2.27. The molecular formula is C46H28N4S. The Balaban J connectivity index is 1.41. The van der Waals surface area contributed by atoms with Crippen molar-refractivity contribution >= 4 is 75.3 Å². The van der Waals surface area contributed by atoms with E-state index in [-0.39, 0.29) is 0 Å². The highest BCUT2D eigenvalue weighted by molar-refractivity contribution is 7.26. The van der Waals surface area contributed by atoms with E-state index in [0.717, 1.165) is 27.1 Å². The molecule has 11 aromatic rings. The molecule has 0 radical (unpaired) electrons. The molecule has 0 bridgehead atoms. The zero-order valence-electron chi connectivity index (χ0n) is 27.4. The maximum atomic E-state index is 4.96. The summed E-state index contributed by atoms with van der Waals surface area (Å²) in [5.74, 6) is 0. The van der Waals surface area contributed by atoms with Crippen molar-refractivity contribution in [1.82, 2.24) is 19.1 Å². The van der Waals surface area contributed by atoms with Gasteiger partial charge in [0.2, 0.25) is 0 Å². The largest absolute Gasteiger partial charge is 0.308 e. The Morgan fingerprint density at radius 3 is 1.65 bits per heavy atom. The third kappa shape index (κ3) is 4.13. The highest BCUT2D eigenvalue weighted by atomic mass is 32.1. The Morgan fingerprint density at radius 1 is 0.451 bits per heavy atom. The summed E-state index contributed by atoms with van der Waals surface area (Å²) in [5, 5.41) is 6.07. The summed E-state index contributed by atoms with van der Waals surface area (Å²) in [5.41, 5.74) is 12.7. The smallest absolute Gasteiger partial charge is 0.116 e. The zero-order valence-corrected chi connectivity index (χ0v) is 28.2. The van der Waals surface area contributed by atoms with Gasteiger partial charge in [-0.2, -0.15) is 0 Å². The highest BCUT2D eigenvalue weighted by Crippen LogP contribution is 2.51. The summed E-state index contributed by atoms with van der Waals surface area (Å²) in [6.07, 6.45) is 3.65. The van der Waals surface area contributed by atoms with E-state index in [1.807, 2.05) is 6.20 Å². The Kier molecular flexibility index (Phi) is 6.09. The number of fused-ring (bicyclic) bond motifs is 12. The van der Waals surface area contributed by atoms with Gasteiger partial charge in [-0.25, -0.2) is 9.97 Å². The lowest BCUT2D eigenvalue weighted by atomic mass is 9.98. The van der Waals surface area contributed by atoms with Crippen LogP contribution in [0.1, 0.15) is 0 Å². The topological polar surface area (TPSA) is 35.6 Å². The maximum Gasteiger partial charge on any atom is 0.116 e. The van der Waals surface area contributed by atoms with E-state index in [2.05, 4.69) is 172 Å². The van der Waals surface area contributed by atoms with Crippen molar-refractivity contribution in [3.05, 3.63) is 170 Å². The Labute approximate surface area is 297 Å². The van der Waals surface area contributed by atoms with Crippen LogP contribution in [0, 0.1) is 0 Å². The summed E-state index contributed by atoms with van der Waals surface area (Å²) in [6.45, 7) is 0. The van der Waals surface area contributed by atoms with Gasteiger partial charge in [0.15, 0.2) is 0 Å². The van der Waals surface area contributed by atoms with Crippen LogP contribution >= 0.6 is 11.3 Å². The Morgan fingerprint density at radius 2 is 1.00 bits per heavy atom. The molecule has 238 valence electrons. The SMILES string of the molecule is c1ccc(-c2cc(-c3ccccc3)cc(-n3c4ccccc4c4c5c6ncncc6sc5c5c(c6ccccc6n5-c5ccccc5)c43)c2)cc1. The molecule has 0 atom stereocenters. The van der Waals surface area contributed by atoms with Crippen molar-refractivity contribution in [1.29, 1.82) is 0 Å². The van der Waals surface area contributed by atoms with E-state index in [1.165, 1.54) is 70.4 Å². The number of thiophene rings is 1. The normalized spacial score (nSPS) is 11.9. The van der Waals surface area contributed by atoms with Crippen molar-refractivity contribution in [2.45, 2.75) is 0 Å². The van der Waals surface area contributed by atoms with Crippen LogP contribution in [0.15, 0.2) is 170 Å². The van der Waals surface area contributed by atoms with Gasteiger partial charge in [0.05, 0.1) is 37.0 Å². The van der Waals surface area contributed by atoms with Crippen LogP contribution in [-0.4, -0.2) is 19.1 Å². The number of hydrogen-bond donors (Lipinski definition) is 0. The molecule has 0 aliphatic heterocycles. The molecule has 4 heterocycles. The van der Waals surface area contributed by atoms with Crippen molar-refractivity contribution in [3.63, 3.8) is 0 Å². The van der Waals surface area contributed by atoms with Crippen molar-refractivity contribution < 1.29 is 0 Å². The predicted molar refractivity (Wildman–Crippen MR) is 214 cm³/mol. The molecule has 0 unspecified atom stereocenters. The monoisotopic (exact) mass is 668 g/mol. The van der Waals surface area contributed by atoms with Gasteiger partial charge in [-0.05, 0) is 64.7 Å². The lowest BCUT2D eigenvalue weighted by Crippen LogP contribution is -1.97. The number of aromatic nitrogens is 4. The lowest BCUT2D eigenvalue weighted by Gasteiger charge is -2.15. The summed E-state index contributed by atoms with van der Waals surface area (Å²) in [4.78, 5) is 9.43. The fraction of sp³-hybridized carbons (Fsp3) is 0. The van der Waals surface area contributed by atoms with Gasteiger partial charge in [-0.1, -0.05) is 115 Å². The predicted octanol–water partition coefficient (Wildman–Crippen LogP) is 12.4. The molecule has 4 aromatic heterocycles. The zero-order chi connectivity index (χ0) is 33.5. The molecule has 0 fully saturated rings. The van der Waals surface area contributed by atoms with Crippen LogP contribution in [0.5, 0.6) is 0 Å². The number of nitrogens with zero attached hydrogens (tertiary/aromatic N) is 4. The molecule has 4 nitrogen and oxygen atoms in total. The standard InChI is InChI=1S/C46H28N4S/c1-4-14-29(15-5-1)31-24-32(30-16-6-2-7-17-30)26-34(25-31)50-37-22-12-10-20-35(37)40-42-43-39(27-47-28-48-43)51-46(42)45-41(44(40)50)36-21-11-13-23-38(36)49(45)33-18-8-3-9-19-33/h1-28H. The van der Waals surface area contributed by atoms with Gasteiger partial charge < -0.3 is 9.13 Å². The van der Waals surface area contributed by atoms with Crippen LogP contribution < -0.4 is 0 Å².